The van der Waals surface area contributed by atoms with E-state index < -0.39 is 0 Å². The van der Waals surface area contributed by atoms with Gasteiger partial charge in [0.15, 0.2) is 0 Å². The highest BCUT2D eigenvalue weighted by Crippen LogP contribution is 2.19. The van der Waals surface area contributed by atoms with Crippen molar-refractivity contribution < 1.29 is 9.53 Å². The number of hydrogen-bond donors (Lipinski definition) is 0. The summed E-state index contributed by atoms with van der Waals surface area (Å²) in [4.78, 5) is 12.4. The fourth-order valence-electron chi connectivity index (χ4n) is 1.66. The van der Waals surface area contributed by atoms with Crippen molar-refractivity contribution in [2.75, 3.05) is 12.4 Å². The van der Waals surface area contributed by atoms with E-state index >= 15 is 0 Å². The van der Waals surface area contributed by atoms with Crippen LogP contribution in [-0.4, -0.2) is 18.3 Å². The molecule has 0 aromatic heterocycles. The van der Waals surface area contributed by atoms with Crippen LogP contribution in [0.15, 0.2) is 35.2 Å². The summed E-state index contributed by atoms with van der Waals surface area (Å²) in [7, 11) is 0. The lowest BCUT2D eigenvalue weighted by Crippen LogP contribution is -2.03. The fourth-order valence-corrected chi connectivity index (χ4v) is 2.60. The number of carbonyl (C=O) groups is 1. The van der Waals surface area contributed by atoms with Crippen LogP contribution in [0.5, 0.6) is 0 Å². The van der Waals surface area contributed by atoms with Crippen LogP contribution in [0.3, 0.4) is 0 Å². The zero-order valence-electron chi connectivity index (χ0n) is 11.1. The first-order chi connectivity index (χ1) is 8.83. The predicted molar refractivity (Wildman–Crippen MR) is 76.9 cm³/mol. The highest BCUT2D eigenvalue weighted by molar-refractivity contribution is 7.99. The van der Waals surface area contributed by atoms with Gasteiger partial charge in [0.1, 0.15) is 0 Å². The van der Waals surface area contributed by atoms with Crippen molar-refractivity contribution in [1.82, 2.24) is 0 Å². The number of carbonyl (C=O) groups excluding carboxylic acids is 1. The minimum atomic E-state index is -0.0591. The fraction of sp³-hybridized carbons (Fsp3) is 0.533. The van der Waals surface area contributed by atoms with Crippen LogP contribution in [0, 0.1) is 0 Å². The molecule has 0 aliphatic carbocycles. The van der Waals surface area contributed by atoms with Crippen molar-refractivity contribution in [3.05, 3.63) is 30.3 Å². The maximum absolute atomic E-state index is 11.1. The van der Waals surface area contributed by atoms with Crippen molar-refractivity contribution in [2.24, 2.45) is 0 Å². The highest BCUT2D eigenvalue weighted by Gasteiger charge is 2.00. The van der Waals surface area contributed by atoms with Crippen molar-refractivity contribution >= 4 is 17.7 Å². The molecule has 0 atom stereocenters. The molecule has 0 unspecified atom stereocenters. The van der Waals surface area contributed by atoms with Crippen molar-refractivity contribution in [2.45, 2.75) is 43.9 Å². The molecular weight excluding hydrogens is 244 g/mol. The van der Waals surface area contributed by atoms with E-state index in [4.69, 9.17) is 4.74 Å². The lowest BCUT2D eigenvalue weighted by molar-refractivity contribution is -0.143. The van der Waals surface area contributed by atoms with Gasteiger partial charge in [0.05, 0.1) is 6.61 Å². The van der Waals surface area contributed by atoms with E-state index in [2.05, 4.69) is 24.3 Å². The topological polar surface area (TPSA) is 26.3 Å². The zero-order valence-corrected chi connectivity index (χ0v) is 11.9. The molecule has 18 heavy (non-hydrogen) atoms. The molecule has 0 aliphatic heterocycles. The second-order valence-corrected chi connectivity index (χ2v) is 5.30. The molecule has 0 fully saturated rings. The average molecular weight is 266 g/mol. The molecular formula is C15H22O2S. The monoisotopic (exact) mass is 266 g/mol. The van der Waals surface area contributed by atoms with Crippen molar-refractivity contribution in [3.8, 4) is 0 Å². The van der Waals surface area contributed by atoms with E-state index in [0.717, 1.165) is 18.6 Å². The largest absolute Gasteiger partial charge is 0.466 e. The minimum absolute atomic E-state index is 0.0591. The lowest BCUT2D eigenvalue weighted by Gasteiger charge is -2.03. The second kappa shape index (κ2) is 10.0. The van der Waals surface area contributed by atoms with Crippen LogP contribution in [-0.2, 0) is 9.53 Å². The Labute approximate surface area is 114 Å². The Morgan fingerprint density at radius 1 is 1.11 bits per heavy atom. The average Bonchev–Trinajstić information content (AvgIpc) is 2.39. The molecule has 1 aromatic carbocycles. The smallest absolute Gasteiger partial charge is 0.305 e. The van der Waals surface area contributed by atoms with Gasteiger partial charge in [0, 0.05) is 11.3 Å². The Kier molecular flexibility index (Phi) is 8.40. The van der Waals surface area contributed by atoms with Gasteiger partial charge in [-0.1, -0.05) is 31.0 Å². The van der Waals surface area contributed by atoms with Crippen LogP contribution in [0.1, 0.15) is 39.0 Å². The van der Waals surface area contributed by atoms with Gasteiger partial charge >= 0.3 is 5.97 Å². The maximum Gasteiger partial charge on any atom is 0.305 e. The molecule has 0 spiro atoms. The second-order valence-electron chi connectivity index (χ2n) is 4.13. The van der Waals surface area contributed by atoms with E-state index in [1.807, 2.05) is 24.8 Å². The van der Waals surface area contributed by atoms with Crippen molar-refractivity contribution in [1.29, 1.82) is 0 Å². The third-order valence-electron chi connectivity index (χ3n) is 2.59. The molecule has 0 saturated heterocycles. The summed E-state index contributed by atoms with van der Waals surface area (Å²) in [5, 5.41) is 0. The Morgan fingerprint density at radius 2 is 1.83 bits per heavy atom. The summed E-state index contributed by atoms with van der Waals surface area (Å²) in [6.07, 6.45) is 5.05. The molecule has 0 aliphatic rings. The summed E-state index contributed by atoms with van der Waals surface area (Å²) in [6, 6.07) is 10.5. The van der Waals surface area contributed by atoms with Gasteiger partial charge in [-0.15, -0.1) is 11.8 Å². The maximum atomic E-state index is 11.1. The predicted octanol–water partition coefficient (Wildman–Crippen LogP) is 4.29. The molecule has 100 valence electrons. The lowest BCUT2D eigenvalue weighted by atomic mass is 10.1. The Morgan fingerprint density at radius 3 is 2.56 bits per heavy atom. The third kappa shape index (κ3) is 7.38. The number of hydrogen-bond acceptors (Lipinski definition) is 3. The summed E-state index contributed by atoms with van der Waals surface area (Å²) in [5.41, 5.74) is 0. The van der Waals surface area contributed by atoms with Gasteiger partial charge in [0.25, 0.3) is 0 Å². The Balaban J connectivity index is 1.92. The highest BCUT2D eigenvalue weighted by atomic mass is 32.2. The van der Waals surface area contributed by atoms with Crippen molar-refractivity contribution in [3.63, 3.8) is 0 Å². The number of thioether (sulfide) groups is 1. The summed E-state index contributed by atoms with van der Waals surface area (Å²) in [6.45, 7) is 2.34. The molecule has 3 heteroatoms. The molecule has 2 nitrogen and oxygen atoms in total. The molecule has 0 bridgehead atoms. The molecule has 1 rings (SSSR count). The van der Waals surface area contributed by atoms with E-state index in [9.17, 15) is 4.79 Å². The standard InChI is InChI=1S/C15H22O2S/c1-2-17-15(16)12-8-3-4-9-13-18-14-10-6-5-7-11-14/h5-7,10-11H,2-4,8-9,12-13H2,1H3. The zero-order chi connectivity index (χ0) is 13.1. The van der Waals surface area contributed by atoms with E-state index in [-0.39, 0.29) is 5.97 Å². The van der Waals surface area contributed by atoms with E-state index in [1.54, 1.807) is 0 Å². The van der Waals surface area contributed by atoms with Gasteiger partial charge in [-0.3, -0.25) is 4.79 Å². The number of benzene rings is 1. The first-order valence-electron chi connectivity index (χ1n) is 6.66. The number of unbranched alkanes of at least 4 members (excludes halogenated alkanes) is 3. The molecule has 0 saturated carbocycles. The first kappa shape index (κ1) is 15.1. The number of esters is 1. The first-order valence-corrected chi connectivity index (χ1v) is 7.65. The van der Waals surface area contributed by atoms with Crippen LogP contribution in [0.25, 0.3) is 0 Å². The molecule has 0 N–H and O–H groups in total. The normalized spacial score (nSPS) is 10.3. The van der Waals surface area contributed by atoms with Gasteiger partial charge in [-0.05, 0) is 37.7 Å². The van der Waals surface area contributed by atoms with E-state index in [1.165, 1.54) is 17.7 Å². The van der Waals surface area contributed by atoms with E-state index in [0.29, 0.717) is 13.0 Å². The van der Waals surface area contributed by atoms with Crippen LogP contribution in [0.2, 0.25) is 0 Å². The van der Waals surface area contributed by atoms with Gasteiger partial charge in [0.2, 0.25) is 0 Å². The molecule has 0 heterocycles. The quantitative estimate of drug-likeness (QED) is 0.379. The SMILES string of the molecule is CCOC(=O)CCCCCCSc1ccccc1. The van der Waals surface area contributed by atoms with Gasteiger partial charge in [-0.2, -0.15) is 0 Å². The van der Waals surface area contributed by atoms with Crippen LogP contribution in [0.4, 0.5) is 0 Å². The molecule has 1 aromatic rings. The third-order valence-corrected chi connectivity index (χ3v) is 3.69. The van der Waals surface area contributed by atoms with Gasteiger partial charge in [-0.25, -0.2) is 0 Å². The van der Waals surface area contributed by atoms with Crippen LogP contribution >= 0.6 is 11.8 Å². The Bertz CT molecular complexity index is 325. The molecule has 0 amide bonds. The number of rotatable bonds is 9. The summed E-state index contributed by atoms with van der Waals surface area (Å²) < 4.78 is 4.88. The Hall–Kier alpha value is -0.960. The number of ether oxygens (including phenoxy) is 1. The van der Waals surface area contributed by atoms with Gasteiger partial charge < -0.3 is 4.74 Å². The van der Waals surface area contributed by atoms with Crippen LogP contribution < -0.4 is 0 Å². The minimum Gasteiger partial charge on any atom is -0.466 e. The summed E-state index contributed by atoms with van der Waals surface area (Å²) >= 11 is 1.90. The summed E-state index contributed by atoms with van der Waals surface area (Å²) in [5.74, 6) is 1.10. The molecule has 0 radical (unpaired) electrons.